The Labute approximate surface area is 300 Å². The molecule has 0 aliphatic carbocycles. The molecule has 0 aromatic heterocycles. The van der Waals surface area contributed by atoms with Crippen LogP contribution in [-0.2, 0) is 56.9 Å². The van der Waals surface area contributed by atoms with Crippen molar-refractivity contribution in [2.24, 2.45) is 0 Å². The molecule has 0 fully saturated rings. The second kappa shape index (κ2) is 32.7. The Hall–Kier alpha value is -3.22. The number of carbonyl (C=O) groups excluding carboxylic acids is 2. The lowest BCUT2D eigenvalue weighted by Gasteiger charge is -2.09. The average Bonchev–Trinajstić information content (AvgIpc) is 3.15. The fourth-order valence-electron chi connectivity index (χ4n) is 3.83. The largest absolute Gasteiger partial charge is 0.491 e. The van der Waals surface area contributed by atoms with E-state index in [1.54, 1.807) is 42.5 Å². The van der Waals surface area contributed by atoms with Crippen molar-refractivity contribution in [3.8, 4) is 5.75 Å². The van der Waals surface area contributed by atoms with Crippen molar-refractivity contribution in [2.45, 2.75) is 0 Å². The molecule has 0 bridgehead atoms. The molecule has 0 aliphatic rings. The van der Waals surface area contributed by atoms with Gasteiger partial charge >= 0.3 is 5.97 Å². The monoisotopic (exact) mass is 725 g/mol. The number of benzene rings is 2. The van der Waals surface area contributed by atoms with Crippen molar-refractivity contribution in [3.63, 3.8) is 0 Å². The summed E-state index contributed by atoms with van der Waals surface area (Å²) in [7, 11) is 0. The van der Waals surface area contributed by atoms with Crippen LogP contribution in [0.5, 0.6) is 5.75 Å². The third-order valence-corrected chi connectivity index (χ3v) is 6.41. The van der Waals surface area contributed by atoms with E-state index in [9.17, 15) is 9.59 Å². The van der Waals surface area contributed by atoms with Gasteiger partial charge < -0.3 is 62.6 Å². The van der Waals surface area contributed by atoms with E-state index >= 15 is 0 Å². The highest BCUT2D eigenvalue weighted by atomic mass is 16.6. The number of carbonyl (C=O) groups is 2. The summed E-state index contributed by atoms with van der Waals surface area (Å²) in [6.45, 7) is 9.43. The first-order valence-electron chi connectivity index (χ1n) is 17.2. The van der Waals surface area contributed by atoms with Crippen molar-refractivity contribution in [3.05, 3.63) is 60.2 Å². The van der Waals surface area contributed by atoms with Crippen LogP contribution in [0.1, 0.15) is 10.4 Å². The number of ether oxygens (including phenoxy) is 12. The lowest BCUT2D eigenvalue weighted by molar-refractivity contribution is -0.139. The number of hydrogen-bond acceptors (Lipinski definition) is 15. The van der Waals surface area contributed by atoms with Gasteiger partial charge in [-0.2, -0.15) is 0 Å². The molecule has 0 atom stereocenters. The first-order valence-corrected chi connectivity index (χ1v) is 17.2. The molecule has 2 rings (SSSR count). The molecule has 0 spiro atoms. The molecule has 0 heterocycles. The smallest absolute Gasteiger partial charge is 0.379 e. The number of ketones is 1. The fraction of sp³-hybridized carbons (Fsp3) is 0.611. The molecule has 0 aliphatic heterocycles. The van der Waals surface area contributed by atoms with Crippen molar-refractivity contribution in [2.75, 3.05) is 151 Å². The summed E-state index contributed by atoms with van der Waals surface area (Å²) in [5.41, 5.74) is 6.64. The average molecular weight is 726 g/mol. The summed E-state index contributed by atoms with van der Waals surface area (Å²) < 4.78 is 65.0. The molecule has 288 valence electrons. The topological polar surface area (TPSA) is 171 Å². The van der Waals surface area contributed by atoms with Gasteiger partial charge in [0.2, 0.25) is 0 Å². The summed E-state index contributed by atoms with van der Waals surface area (Å²) in [4.78, 5) is 23.6. The summed E-state index contributed by atoms with van der Waals surface area (Å²) in [6, 6.07) is 15.5. The fourth-order valence-corrected chi connectivity index (χ4v) is 3.83. The molecule has 51 heavy (non-hydrogen) atoms. The molecule has 15 nitrogen and oxygen atoms in total. The van der Waals surface area contributed by atoms with E-state index < -0.39 is 11.8 Å². The summed E-state index contributed by atoms with van der Waals surface area (Å²) in [5.74, 6) is -0.812. The standard InChI is InChI=1S/C36H55NO14/c37-33-6-8-34(9-7-33)50-30-28-48-26-24-46-22-20-44-18-16-42-14-12-40-10-11-41-13-15-43-17-19-45-21-23-47-25-27-49-29-31-51-36(39)35(38)32-4-2-1-3-5-32/h1-9H,10-31,37H2. The van der Waals surface area contributed by atoms with Crippen LogP contribution in [0.15, 0.2) is 54.6 Å². The van der Waals surface area contributed by atoms with E-state index in [4.69, 9.17) is 62.6 Å². The third-order valence-electron chi connectivity index (χ3n) is 6.41. The SMILES string of the molecule is Nc1ccc(OCCOCCOCCOCCOCCOCCOCCOCCOCCOCCOCCOC(=O)C(=O)c2ccccc2)cc1. The highest BCUT2D eigenvalue weighted by Gasteiger charge is 2.17. The molecular formula is C36H55NO14. The van der Waals surface area contributed by atoms with Gasteiger partial charge in [-0.1, -0.05) is 30.3 Å². The van der Waals surface area contributed by atoms with Crippen LogP contribution in [0.2, 0.25) is 0 Å². The lowest BCUT2D eigenvalue weighted by Crippen LogP contribution is -2.20. The van der Waals surface area contributed by atoms with Crippen molar-refractivity contribution < 1.29 is 66.4 Å². The number of esters is 1. The van der Waals surface area contributed by atoms with E-state index in [-0.39, 0.29) is 13.2 Å². The van der Waals surface area contributed by atoms with E-state index in [0.717, 1.165) is 5.75 Å². The maximum atomic E-state index is 11.9. The minimum Gasteiger partial charge on any atom is -0.491 e. The van der Waals surface area contributed by atoms with Gasteiger partial charge in [0.15, 0.2) is 0 Å². The number of nitrogens with two attached hydrogens (primary N) is 1. The molecular weight excluding hydrogens is 670 g/mol. The molecule has 0 radical (unpaired) electrons. The van der Waals surface area contributed by atoms with Gasteiger partial charge in [-0.3, -0.25) is 4.79 Å². The highest BCUT2D eigenvalue weighted by molar-refractivity contribution is 6.40. The number of hydrogen-bond donors (Lipinski definition) is 1. The van der Waals surface area contributed by atoms with Gasteiger partial charge in [0.1, 0.15) is 19.0 Å². The summed E-state index contributed by atoms with van der Waals surface area (Å²) in [6.07, 6.45) is 0. The van der Waals surface area contributed by atoms with Gasteiger partial charge in [-0.05, 0) is 24.3 Å². The zero-order chi connectivity index (χ0) is 36.3. The highest BCUT2D eigenvalue weighted by Crippen LogP contribution is 2.12. The zero-order valence-electron chi connectivity index (χ0n) is 29.5. The second-order valence-corrected chi connectivity index (χ2v) is 10.4. The molecule has 0 saturated carbocycles. The number of rotatable bonds is 36. The number of anilines is 1. The maximum absolute atomic E-state index is 11.9. The minimum absolute atomic E-state index is 0.00516. The Bertz CT molecular complexity index is 1090. The molecule has 2 aromatic rings. The van der Waals surface area contributed by atoms with Crippen molar-refractivity contribution >= 4 is 17.4 Å². The first-order chi connectivity index (χ1) is 25.2. The zero-order valence-corrected chi connectivity index (χ0v) is 29.5. The quantitative estimate of drug-likeness (QED) is 0.0356. The Morgan fingerprint density at radius 2 is 0.706 bits per heavy atom. The van der Waals surface area contributed by atoms with Crippen LogP contribution in [-0.4, -0.2) is 157 Å². The van der Waals surface area contributed by atoms with E-state index in [1.807, 2.05) is 12.1 Å². The predicted molar refractivity (Wildman–Crippen MR) is 186 cm³/mol. The summed E-state index contributed by atoms with van der Waals surface area (Å²) >= 11 is 0. The van der Waals surface area contributed by atoms with Crippen LogP contribution in [0, 0.1) is 0 Å². The predicted octanol–water partition coefficient (Wildman–Crippen LogP) is 2.24. The molecule has 2 aromatic carbocycles. The lowest BCUT2D eigenvalue weighted by atomic mass is 10.1. The van der Waals surface area contributed by atoms with Gasteiger partial charge in [-0.15, -0.1) is 0 Å². The first kappa shape index (κ1) is 43.9. The summed E-state index contributed by atoms with van der Waals surface area (Å²) in [5, 5.41) is 0. The molecule has 2 N–H and O–H groups in total. The van der Waals surface area contributed by atoms with E-state index in [1.165, 1.54) is 0 Å². The van der Waals surface area contributed by atoms with Gasteiger partial charge in [0.25, 0.3) is 5.78 Å². The third kappa shape index (κ3) is 26.2. The molecule has 0 unspecified atom stereocenters. The Morgan fingerprint density at radius 1 is 0.392 bits per heavy atom. The molecule has 15 heteroatoms. The van der Waals surface area contributed by atoms with Crippen molar-refractivity contribution in [1.29, 1.82) is 0 Å². The molecule has 0 amide bonds. The Balaban J connectivity index is 1.16. The van der Waals surface area contributed by atoms with Gasteiger partial charge in [-0.25, -0.2) is 4.79 Å². The van der Waals surface area contributed by atoms with Gasteiger partial charge in [0.05, 0.1) is 132 Å². The van der Waals surface area contributed by atoms with E-state index in [2.05, 4.69) is 0 Å². The van der Waals surface area contributed by atoms with Crippen LogP contribution in [0.25, 0.3) is 0 Å². The second-order valence-electron chi connectivity index (χ2n) is 10.4. The number of nitrogen functional groups attached to an aromatic ring is 1. The number of Topliss-reactive ketones (excluding diaryl/α,β-unsaturated/α-hetero) is 1. The molecule has 0 saturated heterocycles. The maximum Gasteiger partial charge on any atom is 0.379 e. The van der Waals surface area contributed by atoms with Gasteiger partial charge in [0, 0.05) is 11.3 Å². The van der Waals surface area contributed by atoms with E-state index in [0.29, 0.717) is 143 Å². The van der Waals surface area contributed by atoms with Crippen LogP contribution in [0.4, 0.5) is 5.69 Å². The van der Waals surface area contributed by atoms with Crippen LogP contribution >= 0.6 is 0 Å². The Morgan fingerprint density at radius 3 is 1.06 bits per heavy atom. The minimum atomic E-state index is -0.899. The van der Waals surface area contributed by atoms with Crippen molar-refractivity contribution in [1.82, 2.24) is 0 Å². The van der Waals surface area contributed by atoms with Crippen LogP contribution in [0.3, 0.4) is 0 Å². The normalized spacial score (nSPS) is 11.1. The Kier molecular flexibility index (Phi) is 28.2. The van der Waals surface area contributed by atoms with Crippen LogP contribution < -0.4 is 10.5 Å².